The van der Waals surface area contributed by atoms with Crippen LogP contribution in [0, 0.1) is 13.8 Å². The van der Waals surface area contributed by atoms with Gasteiger partial charge >= 0.3 is 5.63 Å². The van der Waals surface area contributed by atoms with E-state index in [1.807, 2.05) is 32.0 Å². The van der Waals surface area contributed by atoms with Gasteiger partial charge in [0.2, 0.25) is 0 Å². The van der Waals surface area contributed by atoms with Crippen molar-refractivity contribution in [3.8, 4) is 5.75 Å². The molecule has 1 aliphatic heterocycles. The van der Waals surface area contributed by atoms with E-state index in [2.05, 4.69) is 34.1 Å². The van der Waals surface area contributed by atoms with E-state index in [0.29, 0.717) is 17.9 Å². The molecule has 1 aromatic heterocycles. The molecule has 6 heteroatoms. The van der Waals surface area contributed by atoms with Crippen molar-refractivity contribution in [3.63, 3.8) is 0 Å². The van der Waals surface area contributed by atoms with Crippen LogP contribution in [0.5, 0.6) is 5.75 Å². The number of ether oxygens (including phenoxy) is 1. The van der Waals surface area contributed by atoms with Crippen LogP contribution in [0.1, 0.15) is 11.1 Å². The predicted octanol–water partition coefficient (Wildman–Crippen LogP) is 2.97. The van der Waals surface area contributed by atoms with E-state index in [1.165, 1.54) is 11.8 Å². The number of aryl methyl sites for hydroxylation is 2. The third kappa shape index (κ3) is 4.50. The molecular formula is C24H28N2O4. The summed E-state index contributed by atoms with van der Waals surface area (Å²) >= 11 is 0. The second kappa shape index (κ2) is 8.90. The number of hydrogen-bond donors (Lipinski definition) is 1. The van der Waals surface area contributed by atoms with E-state index in [9.17, 15) is 9.90 Å². The molecule has 1 aliphatic rings. The number of aliphatic hydroxyl groups is 1. The van der Waals surface area contributed by atoms with Crippen LogP contribution in [0.25, 0.3) is 11.0 Å². The Hall–Kier alpha value is -2.83. The molecule has 0 radical (unpaired) electrons. The van der Waals surface area contributed by atoms with Gasteiger partial charge in [0.1, 0.15) is 24.0 Å². The molecule has 158 valence electrons. The lowest BCUT2D eigenvalue weighted by Gasteiger charge is -2.36. The van der Waals surface area contributed by atoms with Crippen molar-refractivity contribution >= 4 is 16.7 Å². The summed E-state index contributed by atoms with van der Waals surface area (Å²) in [6.45, 7) is 8.23. The van der Waals surface area contributed by atoms with Gasteiger partial charge in [0.15, 0.2) is 0 Å². The third-order valence-corrected chi connectivity index (χ3v) is 5.71. The van der Waals surface area contributed by atoms with E-state index < -0.39 is 6.10 Å². The average molecular weight is 408 g/mol. The predicted molar refractivity (Wildman–Crippen MR) is 119 cm³/mol. The molecule has 2 aromatic carbocycles. The van der Waals surface area contributed by atoms with Crippen molar-refractivity contribution in [1.29, 1.82) is 0 Å². The first-order valence-corrected chi connectivity index (χ1v) is 10.4. The first kappa shape index (κ1) is 20.4. The fourth-order valence-electron chi connectivity index (χ4n) is 4.02. The van der Waals surface area contributed by atoms with Gasteiger partial charge in [-0.3, -0.25) is 4.90 Å². The monoisotopic (exact) mass is 408 g/mol. The number of hydrogen-bond acceptors (Lipinski definition) is 6. The van der Waals surface area contributed by atoms with E-state index >= 15 is 0 Å². The second-order valence-corrected chi connectivity index (χ2v) is 7.90. The Morgan fingerprint density at radius 2 is 1.80 bits per heavy atom. The highest BCUT2D eigenvalue weighted by atomic mass is 16.5. The van der Waals surface area contributed by atoms with Gasteiger partial charge in [-0.2, -0.15) is 0 Å². The number of fused-ring (bicyclic) bond motifs is 1. The zero-order valence-corrected chi connectivity index (χ0v) is 17.5. The van der Waals surface area contributed by atoms with Crippen molar-refractivity contribution in [1.82, 2.24) is 4.90 Å². The summed E-state index contributed by atoms with van der Waals surface area (Å²) in [7, 11) is 0. The number of aliphatic hydroxyl groups excluding tert-OH is 1. The van der Waals surface area contributed by atoms with Crippen LogP contribution < -0.4 is 15.3 Å². The van der Waals surface area contributed by atoms with Crippen LogP contribution in [0.3, 0.4) is 0 Å². The van der Waals surface area contributed by atoms with E-state index in [0.717, 1.165) is 42.7 Å². The number of benzene rings is 2. The number of piperazine rings is 1. The summed E-state index contributed by atoms with van der Waals surface area (Å²) in [5.41, 5.74) is 3.08. The van der Waals surface area contributed by atoms with Gasteiger partial charge in [-0.25, -0.2) is 4.79 Å². The lowest BCUT2D eigenvalue weighted by atomic mass is 10.1. The van der Waals surface area contributed by atoms with E-state index in [-0.39, 0.29) is 12.2 Å². The maximum Gasteiger partial charge on any atom is 0.336 e. The topological polar surface area (TPSA) is 66.2 Å². The highest BCUT2D eigenvalue weighted by Gasteiger charge is 2.20. The molecule has 0 saturated carbocycles. The Labute approximate surface area is 176 Å². The van der Waals surface area contributed by atoms with Crippen LogP contribution in [0.15, 0.2) is 57.7 Å². The van der Waals surface area contributed by atoms with Gasteiger partial charge in [0.25, 0.3) is 0 Å². The van der Waals surface area contributed by atoms with Gasteiger partial charge in [-0.15, -0.1) is 0 Å². The minimum Gasteiger partial charge on any atom is -0.490 e. The maximum atomic E-state index is 11.7. The summed E-state index contributed by atoms with van der Waals surface area (Å²) in [6, 6.07) is 15.7. The lowest BCUT2D eigenvalue weighted by Crippen LogP contribution is -2.49. The number of anilines is 1. The van der Waals surface area contributed by atoms with Crippen molar-refractivity contribution < 1.29 is 14.3 Å². The lowest BCUT2D eigenvalue weighted by molar-refractivity contribution is 0.0661. The highest BCUT2D eigenvalue weighted by Crippen LogP contribution is 2.28. The van der Waals surface area contributed by atoms with Crippen molar-refractivity contribution in [2.75, 3.05) is 44.2 Å². The largest absolute Gasteiger partial charge is 0.490 e. The van der Waals surface area contributed by atoms with Gasteiger partial charge in [0.05, 0.1) is 0 Å². The summed E-state index contributed by atoms with van der Waals surface area (Å²) < 4.78 is 11.2. The van der Waals surface area contributed by atoms with Crippen LogP contribution in [0.2, 0.25) is 0 Å². The summed E-state index contributed by atoms with van der Waals surface area (Å²) in [4.78, 5) is 16.3. The SMILES string of the molecule is Cc1cc(=O)oc2c(C)c(OCC(O)CN3CCN(c4ccccc4)CC3)ccc12. The van der Waals surface area contributed by atoms with Crippen LogP contribution >= 0.6 is 0 Å². The first-order valence-electron chi connectivity index (χ1n) is 10.4. The third-order valence-electron chi connectivity index (χ3n) is 5.71. The first-order chi connectivity index (χ1) is 14.5. The molecule has 1 unspecified atom stereocenters. The molecule has 0 aliphatic carbocycles. The zero-order valence-electron chi connectivity index (χ0n) is 17.5. The summed E-state index contributed by atoms with van der Waals surface area (Å²) in [5.74, 6) is 0.629. The van der Waals surface area contributed by atoms with Gasteiger partial charge in [-0.05, 0) is 43.7 Å². The molecule has 30 heavy (non-hydrogen) atoms. The van der Waals surface area contributed by atoms with Crippen LogP contribution in [-0.4, -0.2) is 55.4 Å². The fraction of sp³-hybridized carbons (Fsp3) is 0.375. The molecular weight excluding hydrogens is 380 g/mol. The Kier molecular flexibility index (Phi) is 6.06. The molecule has 2 heterocycles. The van der Waals surface area contributed by atoms with Gasteiger partial charge in [0, 0.05) is 55.4 Å². The molecule has 1 atom stereocenters. The quantitative estimate of drug-likeness (QED) is 0.633. The van der Waals surface area contributed by atoms with Gasteiger partial charge in [-0.1, -0.05) is 18.2 Å². The number of β-amino-alcohol motifs (C(OH)–C–C–N with tert-alkyl or cyclic N) is 1. The second-order valence-electron chi connectivity index (χ2n) is 7.90. The van der Waals surface area contributed by atoms with E-state index in [1.54, 1.807) is 0 Å². The standard InChI is InChI=1S/C24H28N2O4/c1-17-14-23(28)30-24-18(2)22(9-8-21(17)24)29-16-20(27)15-25-10-12-26(13-11-25)19-6-4-3-5-7-19/h3-9,14,20,27H,10-13,15-16H2,1-2H3. The molecule has 6 nitrogen and oxygen atoms in total. The van der Waals surface area contributed by atoms with Crippen molar-refractivity contribution in [2.24, 2.45) is 0 Å². The molecule has 0 spiro atoms. The maximum absolute atomic E-state index is 11.7. The Morgan fingerprint density at radius 1 is 1.07 bits per heavy atom. The fourth-order valence-corrected chi connectivity index (χ4v) is 4.02. The Bertz CT molecular complexity index is 1060. The molecule has 1 N–H and O–H groups in total. The normalized spacial score (nSPS) is 16.0. The summed E-state index contributed by atoms with van der Waals surface area (Å²) in [5, 5.41) is 11.4. The number of rotatable bonds is 6. The molecule has 4 rings (SSSR count). The van der Waals surface area contributed by atoms with Crippen molar-refractivity contribution in [3.05, 3.63) is 70.1 Å². The van der Waals surface area contributed by atoms with Crippen molar-refractivity contribution in [2.45, 2.75) is 20.0 Å². The Morgan fingerprint density at radius 3 is 2.53 bits per heavy atom. The Balaban J connectivity index is 1.32. The number of para-hydroxylation sites is 1. The minimum atomic E-state index is -0.590. The minimum absolute atomic E-state index is 0.196. The van der Waals surface area contributed by atoms with Crippen LogP contribution in [0.4, 0.5) is 5.69 Å². The van der Waals surface area contributed by atoms with Gasteiger partial charge < -0.3 is 19.2 Å². The number of nitrogens with zero attached hydrogens (tertiary/aromatic N) is 2. The molecule has 0 bridgehead atoms. The molecule has 0 amide bonds. The molecule has 3 aromatic rings. The molecule has 1 fully saturated rings. The average Bonchev–Trinajstić information content (AvgIpc) is 2.75. The zero-order chi connectivity index (χ0) is 21.1. The smallest absolute Gasteiger partial charge is 0.336 e. The molecule has 1 saturated heterocycles. The highest BCUT2D eigenvalue weighted by molar-refractivity contribution is 5.84. The van der Waals surface area contributed by atoms with Crippen LogP contribution in [-0.2, 0) is 0 Å². The van der Waals surface area contributed by atoms with E-state index in [4.69, 9.17) is 9.15 Å². The summed E-state index contributed by atoms with van der Waals surface area (Å²) in [6.07, 6.45) is -0.590.